The highest BCUT2D eigenvalue weighted by atomic mass is 15.3. The molecule has 2 heterocycles. The zero-order chi connectivity index (χ0) is 23.2. The molecule has 4 rings (SSSR count). The van der Waals surface area contributed by atoms with Crippen LogP contribution in [0, 0.1) is 0 Å². The molecule has 0 unspecified atom stereocenters. The Morgan fingerprint density at radius 3 is 2.67 bits per heavy atom. The summed E-state index contributed by atoms with van der Waals surface area (Å²) in [5.74, 6) is 0.911. The zero-order valence-corrected chi connectivity index (χ0v) is 19.4. The standard InChI is InChI=1S/C26H31N7/c1-5-32(13-12-28-3)22-17-33(18-22)26-16-30-23-9-8-21(15-25(23)31-26)20-7-6-19(10-11-27-2)24(14-20)29-4/h6-9,12-16,22,27H,3-5,10-11,17-18H2,1-2H3/b13-12-. The molecular weight excluding hydrogens is 410 g/mol. The van der Waals surface area contributed by atoms with E-state index in [1.54, 1.807) is 6.20 Å². The topological polar surface area (TPSA) is 69.0 Å². The molecule has 0 bridgehead atoms. The number of hydrogen-bond acceptors (Lipinski definition) is 7. The predicted octanol–water partition coefficient (Wildman–Crippen LogP) is 4.07. The SMILES string of the molecule is C=N/C=C\N(CC)C1CN(c2cnc3ccc(-c4ccc(CCNC)c(N=C)c4)cc3n2)C1. The molecule has 2 aromatic carbocycles. The predicted molar refractivity (Wildman–Crippen MR) is 139 cm³/mol. The summed E-state index contributed by atoms with van der Waals surface area (Å²) in [4.78, 5) is 22.2. The molecule has 1 fully saturated rings. The van der Waals surface area contributed by atoms with Crippen molar-refractivity contribution in [2.45, 2.75) is 19.4 Å². The number of rotatable bonds is 10. The molecule has 170 valence electrons. The van der Waals surface area contributed by atoms with Crippen LogP contribution in [0.2, 0.25) is 0 Å². The quantitative estimate of drug-likeness (QED) is 0.480. The second-order valence-electron chi connectivity index (χ2n) is 8.16. The number of nitrogens with zero attached hydrogens (tertiary/aromatic N) is 6. The van der Waals surface area contributed by atoms with E-state index in [-0.39, 0.29) is 0 Å². The molecule has 7 heteroatoms. The molecule has 1 aliphatic rings. The molecular formula is C26H31N7. The van der Waals surface area contributed by atoms with Crippen LogP contribution in [0.25, 0.3) is 22.2 Å². The minimum Gasteiger partial charge on any atom is -0.370 e. The van der Waals surface area contributed by atoms with Gasteiger partial charge in [-0.1, -0.05) is 18.2 Å². The number of likely N-dealkylation sites (N-methyl/N-ethyl adjacent to an activating group) is 2. The summed E-state index contributed by atoms with van der Waals surface area (Å²) in [6, 6.07) is 13.1. The van der Waals surface area contributed by atoms with Crippen LogP contribution in [-0.2, 0) is 6.42 Å². The summed E-state index contributed by atoms with van der Waals surface area (Å²) in [7, 11) is 1.96. The second kappa shape index (κ2) is 10.4. The van der Waals surface area contributed by atoms with Gasteiger partial charge in [0.2, 0.25) is 0 Å². The van der Waals surface area contributed by atoms with Crippen LogP contribution in [0.5, 0.6) is 0 Å². The summed E-state index contributed by atoms with van der Waals surface area (Å²) in [6.45, 7) is 13.1. The van der Waals surface area contributed by atoms with Crippen molar-refractivity contribution in [2.75, 3.05) is 38.1 Å². The third-order valence-corrected chi connectivity index (χ3v) is 6.15. The van der Waals surface area contributed by atoms with Crippen LogP contribution in [-0.4, -0.2) is 67.6 Å². The largest absolute Gasteiger partial charge is 0.370 e. The number of anilines is 1. The lowest BCUT2D eigenvalue weighted by atomic mass is 10.0. The smallest absolute Gasteiger partial charge is 0.147 e. The summed E-state index contributed by atoms with van der Waals surface area (Å²) in [6.07, 6.45) is 6.53. The lowest BCUT2D eigenvalue weighted by Crippen LogP contribution is -2.58. The van der Waals surface area contributed by atoms with E-state index in [9.17, 15) is 0 Å². The average molecular weight is 442 g/mol. The van der Waals surface area contributed by atoms with Gasteiger partial charge in [-0.2, -0.15) is 0 Å². The fourth-order valence-corrected chi connectivity index (χ4v) is 4.17. The van der Waals surface area contributed by atoms with Gasteiger partial charge in [0.25, 0.3) is 0 Å². The van der Waals surface area contributed by atoms with Crippen molar-refractivity contribution in [2.24, 2.45) is 9.98 Å². The maximum atomic E-state index is 4.92. The minimum atomic E-state index is 0.447. The summed E-state index contributed by atoms with van der Waals surface area (Å²) in [5.41, 5.74) is 6.10. The summed E-state index contributed by atoms with van der Waals surface area (Å²) in [5, 5.41) is 3.18. The number of nitrogens with one attached hydrogen (secondary N) is 1. The molecule has 1 N–H and O–H groups in total. The van der Waals surface area contributed by atoms with Gasteiger partial charge < -0.3 is 15.1 Å². The van der Waals surface area contributed by atoms with Crippen molar-refractivity contribution in [1.82, 2.24) is 20.2 Å². The molecule has 7 nitrogen and oxygen atoms in total. The van der Waals surface area contributed by atoms with E-state index in [2.05, 4.69) is 80.8 Å². The molecule has 0 spiro atoms. The minimum absolute atomic E-state index is 0.447. The molecule has 0 saturated carbocycles. The van der Waals surface area contributed by atoms with Gasteiger partial charge >= 0.3 is 0 Å². The first-order valence-corrected chi connectivity index (χ1v) is 11.3. The molecule has 0 atom stereocenters. The van der Waals surface area contributed by atoms with E-state index in [0.717, 1.165) is 66.3 Å². The lowest BCUT2D eigenvalue weighted by molar-refractivity contribution is 0.242. The highest BCUT2D eigenvalue weighted by Crippen LogP contribution is 2.30. The third kappa shape index (κ3) is 4.93. The summed E-state index contributed by atoms with van der Waals surface area (Å²) < 4.78 is 0. The fourth-order valence-electron chi connectivity index (χ4n) is 4.17. The second-order valence-corrected chi connectivity index (χ2v) is 8.16. The Bertz CT molecular complexity index is 1160. The van der Waals surface area contributed by atoms with E-state index in [1.807, 2.05) is 25.5 Å². The molecule has 0 radical (unpaired) electrons. The van der Waals surface area contributed by atoms with Gasteiger partial charge in [0.1, 0.15) is 5.82 Å². The highest BCUT2D eigenvalue weighted by Gasteiger charge is 2.31. The normalized spacial score (nSPS) is 13.9. The van der Waals surface area contributed by atoms with Gasteiger partial charge in [-0.25, -0.2) is 4.98 Å². The van der Waals surface area contributed by atoms with Crippen LogP contribution in [0.4, 0.5) is 11.5 Å². The van der Waals surface area contributed by atoms with Crippen molar-refractivity contribution in [3.63, 3.8) is 0 Å². The summed E-state index contributed by atoms with van der Waals surface area (Å²) >= 11 is 0. The first-order chi connectivity index (χ1) is 16.2. The average Bonchev–Trinajstić information content (AvgIpc) is 2.83. The Labute approximate surface area is 195 Å². The van der Waals surface area contributed by atoms with Gasteiger partial charge in [-0.05, 0) is 75.3 Å². The Morgan fingerprint density at radius 2 is 1.94 bits per heavy atom. The van der Waals surface area contributed by atoms with Crippen LogP contribution < -0.4 is 10.2 Å². The molecule has 0 amide bonds. The van der Waals surface area contributed by atoms with Gasteiger partial charge in [0.05, 0.1) is 29.0 Å². The van der Waals surface area contributed by atoms with Crippen LogP contribution in [0.15, 0.2) is 65.0 Å². The monoisotopic (exact) mass is 441 g/mol. The first-order valence-electron chi connectivity index (χ1n) is 11.3. The van der Waals surface area contributed by atoms with E-state index >= 15 is 0 Å². The number of aromatic nitrogens is 2. The maximum absolute atomic E-state index is 4.92. The van der Waals surface area contributed by atoms with Gasteiger partial charge in [0, 0.05) is 32.0 Å². The first kappa shape index (κ1) is 22.6. The molecule has 1 aromatic heterocycles. The lowest BCUT2D eigenvalue weighted by Gasteiger charge is -2.45. The zero-order valence-electron chi connectivity index (χ0n) is 19.4. The van der Waals surface area contributed by atoms with Crippen molar-refractivity contribution in [1.29, 1.82) is 0 Å². The molecule has 33 heavy (non-hydrogen) atoms. The molecule has 1 saturated heterocycles. The van der Waals surface area contributed by atoms with E-state index in [0.29, 0.717) is 6.04 Å². The Balaban J connectivity index is 1.54. The van der Waals surface area contributed by atoms with Gasteiger partial charge in [-0.3, -0.25) is 15.0 Å². The Morgan fingerprint density at radius 1 is 1.15 bits per heavy atom. The molecule has 0 aliphatic carbocycles. The fraction of sp³-hybridized carbons (Fsp3) is 0.308. The van der Waals surface area contributed by atoms with Crippen LogP contribution >= 0.6 is 0 Å². The maximum Gasteiger partial charge on any atom is 0.147 e. The van der Waals surface area contributed by atoms with E-state index in [4.69, 9.17) is 4.98 Å². The van der Waals surface area contributed by atoms with Crippen molar-refractivity contribution in [3.8, 4) is 11.1 Å². The van der Waals surface area contributed by atoms with E-state index < -0.39 is 0 Å². The number of hydrogen-bond donors (Lipinski definition) is 1. The Hall–Kier alpha value is -3.58. The van der Waals surface area contributed by atoms with Crippen molar-refractivity contribution in [3.05, 3.63) is 60.6 Å². The van der Waals surface area contributed by atoms with Gasteiger partial charge in [0.15, 0.2) is 0 Å². The highest BCUT2D eigenvalue weighted by molar-refractivity contribution is 5.83. The van der Waals surface area contributed by atoms with Crippen molar-refractivity contribution < 1.29 is 0 Å². The Kier molecular flexibility index (Phi) is 7.10. The molecule has 1 aliphatic heterocycles. The van der Waals surface area contributed by atoms with Crippen molar-refractivity contribution >= 4 is 36.0 Å². The number of aliphatic imine (C=N–C) groups is 2. The third-order valence-electron chi connectivity index (χ3n) is 6.15. The number of benzene rings is 2. The number of fused-ring (bicyclic) bond motifs is 1. The molecule has 3 aromatic rings. The van der Waals surface area contributed by atoms with Crippen LogP contribution in [0.1, 0.15) is 12.5 Å². The van der Waals surface area contributed by atoms with Gasteiger partial charge in [-0.15, -0.1) is 0 Å². The van der Waals surface area contributed by atoms with E-state index in [1.165, 1.54) is 5.56 Å². The van der Waals surface area contributed by atoms with Crippen LogP contribution in [0.3, 0.4) is 0 Å².